The van der Waals surface area contributed by atoms with Gasteiger partial charge in [0, 0.05) is 28.8 Å². The quantitative estimate of drug-likeness (QED) is 0.104. The average Bonchev–Trinajstić information content (AvgIpc) is 3.40. The summed E-state index contributed by atoms with van der Waals surface area (Å²) in [6.45, 7) is 2.60. The van der Waals surface area contributed by atoms with Gasteiger partial charge in [0.2, 0.25) is 0 Å². The summed E-state index contributed by atoms with van der Waals surface area (Å²) in [5.41, 5.74) is 5.49. The molecule has 1 N–H and O–H groups in total. The maximum Gasteiger partial charge on any atom is 0.512 e. The lowest BCUT2D eigenvalue weighted by molar-refractivity contribution is 0.376. The Morgan fingerprint density at radius 1 is 0.421 bits per heavy atom. The molecule has 1 aliphatic heterocycles. The third-order valence-electron chi connectivity index (χ3n) is 11.6. The summed E-state index contributed by atoms with van der Waals surface area (Å²) < 4.78 is 29.8. The van der Waals surface area contributed by atoms with Gasteiger partial charge in [-0.05, 0) is 106 Å². The highest BCUT2D eigenvalue weighted by Gasteiger charge is 2.39. The maximum absolute atomic E-state index is 15.7. The predicted octanol–water partition coefficient (Wildman–Crippen LogP) is 14.9. The molecule has 0 saturated heterocycles. The smallest absolute Gasteiger partial charge is 0.403 e. The third-order valence-corrected chi connectivity index (χ3v) is 13.1. The van der Waals surface area contributed by atoms with Gasteiger partial charge in [-0.25, -0.2) is 9.65 Å². The van der Waals surface area contributed by atoms with Crippen LogP contribution in [-0.4, -0.2) is 6.54 Å². The third kappa shape index (κ3) is 5.44. The monoisotopic (exact) mass is 755 g/mol. The highest BCUT2D eigenvalue weighted by atomic mass is 31.2. The van der Waals surface area contributed by atoms with Crippen LogP contribution in [0, 0.1) is 0 Å². The van der Waals surface area contributed by atoms with Crippen molar-refractivity contribution in [3.8, 4) is 44.9 Å². The molecule has 0 bridgehead atoms. The Balaban J connectivity index is 1.32. The Labute approximate surface area is 330 Å². The maximum atomic E-state index is 15.7. The topological polar surface area (TPSA) is 47.6 Å². The van der Waals surface area contributed by atoms with Crippen molar-refractivity contribution in [1.29, 1.82) is 0 Å². The molecule has 5 heteroatoms. The molecule has 0 radical (unpaired) electrons. The summed E-state index contributed by atoms with van der Waals surface area (Å²) in [7, 11) is -4.07. The van der Waals surface area contributed by atoms with Crippen molar-refractivity contribution in [3.05, 3.63) is 170 Å². The summed E-state index contributed by atoms with van der Waals surface area (Å²) in [5.74, 6) is 1.09. The number of hydrogen-bond acceptors (Lipinski definition) is 3. The molecule has 11 rings (SSSR count). The van der Waals surface area contributed by atoms with Gasteiger partial charge in [-0.1, -0.05) is 159 Å². The van der Waals surface area contributed by atoms with Gasteiger partial charge >= 0.3 is 7.75 Å². The molecule has 0 atom stereocenters. The minimum atomic E-state index is -4.07. The SMILES string of the molecule is CCCCNP1(=O)Oc2c(-c3cc4ccccc4c4ccccc34)cc3ccccc3c2-c2c(c(-c3cc4ccccc4c4ccccc34)cc3ccccc23)O1. The van der Waals surface area contributed by atoms with E-state index in [4.69, 9.17) is 9.05 Å². The van der Waals surface area contributed by atoms with Crippen molar-refractivity contribution in [1.82, 2.24) is 5.09 Å². The highest BCUT2D eigenvalue weighted by Crippen LogP contribution is 2.62. The second kappa shape index (κ2) is 13.3. The first-order valence-electron chi connectivity index (χ1n) is 19.8. The fourth-order valence-electron chi connectivity index (χ4n) is 9.01. The molecule has 0 spiro atoms. The van der Waals surface area contributed by atoms with E-state index in [0.29, 0.717) is 18.0 Å². The van der Waals surface area contributed by atoms with E-state index in [2.05, 4.69) is 182 Å². The Kier molecular flexibility index (Phi) is 7.93. The Morgan fingerprint density at radius 2 is 0.754 bits per heavy atom. The van der Waals surface area contributed by atoms with Gasteiger partial charge in [0.15, 0.2) is 0 Å². The van der Waals surface area contributed by atoms with Crippen molar-refractivity contribution in [2.24, 2.45) is 0 Å². The number of rotatable bonds is 6. The number of hydrogen-bond donors (Lipinski definition) is 1. The van der Waals surface area contributed by atoms with Crippen molar-refractivity contribution < 1.29 is 13.6 Å². The van der Waals surface area contributed by atoms with Crippen LogP contribution in [-0.2, 0) is 4.57 Å². The molecule has 10 aromatic rings. The molecule has 0 unspecified atom stereocenters. The minimum Gasteiger partial charge on any atom is -0.403 e. The van der Waals surface area contributed by atoms with Crippen LogP contribution in [0.1, 0.15) is 19.8 Å². The largest absolute Gasteiger partial charge is 0.512 e. The van der Waals surface area contributed by atoms with Gasteiger partial charge in [0.1, 0.15) is 11.5 Å². The van der Waals surface area contributed by atoms with Crippen LogP contribution in [0.2, 0.25) is 0 Å². The van der Waals surface area contributed by atoms with Crippen molar-refractivity contribution in [3.63, 3.8) is 0 Å². The molecule has 0 aliphatic carbocycles. The van der Waals surface area contributed by atoms with E-state index in [9.17, 15) is 0 Å². The molecular weight excluding hydrogens is 718 g/mol. The van der Waals surface area contributed by atoms with Gasteiger partial charge in [-0.15, -0.1) is 0 Å². The Bertz CT molecular complexity index is 3100. The second-order valence-electron chi connectivity index (χ2n) is 15.0. The normalized spacial score (nSPS) is 13.4. The van der Waals surface area contributed by atoms with Gasteiger partial charge in [0.05, 0.1) is 0 Å². The zero-order chi connectivity index (χ0) is 38.1. The van der Waals surface area contributed by atoms with E-state index >= 15 is 4.57 Å². The van der Waals surface area contributed by atoms with E-state index in [1.54, 1.807) is 0 Å². The number of benzene rings is 10. The number of nitrogens with one attached hydrogen (secondary N) is 1. The molecule has 1 aliphatic rings. The predicted molar refractivity (Wildman–Crippen MR) is 240 cm³/mol. The molecule has 1 heterocycles. The molecule has 0 fully saturated rings. The van der Waals surface area contributed by atoms with E-state index in [0.717, 1.165) is 100 Å². The Morgan fingerprint density at radius 3 is 1.18 bits per heavy atom. The van der Waals surface area contributed by atoms with Crippen LogP contribution in [0.3, 0.4) is 0 Å². The lowest BCUT2D eigenvalue weighted by Crippen LogP contribution is -2.19. The van der Waals surface area contributed by atoms with Crippen LogP contribution in [0.5, 0.6) is 11.5 Å². The van der Waals surface area contributed by atoms with Crippen molar-refractivity contribution >= 4 is 72.4 Å². The fraction of sp³-hybridized carbons (Fsp3) is 0.0769. The first-order chi connectivity index (χ1) is 28.1. The van der Waals surface area contributed by atoms with E-state index in [1.807, 2.05) is 0 Å². The first kappa shape index (κ1) is 33.9. The van der Waals surface area contributed by atoms with E-state index < -0.39 is 7.75 Å². The van der Waals surface area contributed by atoms with Crippen LogP contribution >= 0.6 is 7.75 Å². The van der Waals surface area contributed by atoms with Crippen molar-refractivity contribution in [2.45, 2.75) is 19.8 Å². The number of unbranched alkanes of at least 4 members (excludes halogenated alkanes) is 1. The molecule has 0 amide bonds. The van der Waals surface area contributed by atoms with Crippen LogP contribution < -0.4 is 14.1 Å². The zero-order valence-electron chi connectivity index (χ0n) is 31.5. The summed E-state index contributed by atoms with van der Waals surface area (Å²) in [5, 5.41) is 16.5. The van der Waals surface area contributed by atoms with E-state index in [1.165, 1.54) is 10.8 Å². The summed E-state index contributed by atoms with van der Waals surface area (Å²) >= 11 is 0. The highest BCUT2D eigenvalue weighted by molar-refractivity contribution is 7.52. The molecule has 4 nitrogen and oxygen atoms in total. The molecule has 0 saturated carbocycles. The number of fused-ring (bicyclic) bond motifs is 13. The summed E-state index contributed by atoms with van der Waals surface area (Å²) in [6, 6.07) is 60.0. The van der Waals surface area contributed by atoms with Gasteiger partial charge in [-0.3, -0.25) is 0 Å². The molecular formula is C52H38NO3P. The van der Waals surface area contributed by atoms with Gasteiger partial charge < -0.3 is 9.05 Å². The molecule has 10 aromatic carbocycles. The van der Waals surface area contributed by atoms with Gasteiger partial charge in [-0.2, -0.15) is 0 Å². The summed E-state index contributed by atoms with van der Waals surface area (Å²) in [4.78, 5) is 0. The van der Waals surface area contributed by atoms with E-state index in [-0.39, 0.29) is 0 Å². The molecule has 274 valence electrons. The Hall–Kier alpha value is -6.45. The van der Waals surface area contributed by atoms with Crippen LogP contribution in [0.25, 0.3) is 98.0 Å². The minimum absolute atomic E-state index is 0.474. The average molecular weight is 756 g/mol. The second-order valence-corrected chi connectivity index (χ2v) is 16.7. The van der Waals surface area contributed by atoms with Crippen LogP contribution in [0.4, 0.5) is 0 Å². The zero-order valence-corrected chi connectivity index (χ0v) is 32.4. The lowest BCUT2D eigenvalue weighted by atomic mass is 9.84. The lowest BCUT2D eigenvalue weighted by Gasteiger charge is -2.22. The first-order valence-corrected chi connectivity index (χ1v) is 21.3. The van der Waals surface area contributed by atoms with Gasteiger partial charge in [0.25, 0.3) is 0 Å². The fourth-order valence-corrected chi connectivity index (χ4v) is 10.5. The molecule has 0 aromatic heterocycles. The standard InChI is InChI=1S/C52H38NO3P/c1-2-3-28-53-57(54)55-51-47(45-29-33-16-4-8-20-37(33)41-24-12-14-26-43(41)45)31-35-18-6-10-22-39(35)49(51)50-40-23-11-7-19-36(40)32-48(52(50)56-57)46-30-34-17-5-9-21-38(34)42-25-13-15-27-44(42)46/h4-27,29-32H,2-3,28H2,1H3,(H,53,54). The molecule has 57 heavy (non-hydrogen) atoms. The summed E-state index contributed by atoms with van der Waals surface area (Å²) in [6.07, 6.45) is 1.74. The van der Waals surface area contributed by atoms with Crippen molar-refractivity contribution in [2.75, 3.05) is 6.54 Å². The van der Waals surface area contributed by atoms with Crippen LogP contribution in [0.15, 0.2) is 170 Å².